The fraction of sp³-hybridized carbons (Fsp3) is 0.562. The third kappa shape index (κ3) is 2.42. The van der Waals surface area contributed by atoms with Crippen LogP contribution in [0.4, 0.5) is 0 Å². The van der Waals surface area contributed by atoms with Gasteiger partial charge in [-0.05, 0) is 12.3 Å². The van der Waals surface area contributed by atoms with E-state index >= 15 is 0 Å². The maximum Gasteiger partial charge on any atom is 0.331 e. The van der Waals surface area contributed by atoms with Gasteiger partial charge in [0.2, 0.25) is 0 Å². The molecule has 1 aromatic rings. The number of nitrogens with one attached hydrogen (secondary N) is 1. The quantitative estimate of drug-likeness (QED) is 0.902. The van der Waals surface area contributed by atoms with E-state index in [1.165, 1.54) is 37.3 Å². The van der Waals surface area contributed by atoms with Crippen LogP contribution in [0.15, 0.2) is 21.9 Å². The first-order chi connectivity index (χ1) is 10.5. The molecule has 0 unspecified atom stereocenters. The molecule has 1 aromatic heterocycles. The van der Waals surface area contributed by atoms with E-state index in [4.69, 9.17) is 0 Å². The van der Waals surface area contributed by atoms with Crippen molar-refractivity contribution >= 4 is 5.91 Å². The lowest BCUT2D eigenvalue weighted by molar-refractivity contribution is 0.0945. The van der Waals surface area contributed by atoms with Crippen molar-refractivity contribution in [2.75, 3.05) is 0 Å². The summed E-state index contributed by atoms with van der Waals surface area (Å²) in [4.78, 5) is 36.9. The van der Waals surface area contributed by atoms with Crippen LogP contribution < -0.4 is 16.6 Å². The molecular weight excluding hydrogens is 282 g/mol. The molecule has 1 aliphatic carbocycles. The van der Waals surface area contributed by atoms with Crippen LogP contribution in [0.3, 0.4) is 0 Å². The van der Waals surface area contributed by atoms with E-state index in [2.05, 4.69) is 11.9 Å². The van der Waals surface area contributed by atoms with E-state index in [-0.39, 0.29) is 12.1 Å². The number of rotatable bonds is 3. The van der Waals surface area contributed by atoms with Crippen LogP contribution in [0, 0.1) is 5.92 Å². The van der Waals surface area contributed by atoms with E-state index in [0.717, 1.165) is 11.0 Å². The van der Waals surface area contributed by atoms with E-state index < -0.39 is 17.2 Å². The van der Waals surface area contributed by atoms with Crippen molar-refractivity contribution in [1.29, 1.82) is 0 Å². The van der Waals surface area contributed by atoms with Gasteiger partial charge in [0.25, 0.3) is 11.5 Å². The Morgan fingerprint density at radius 3 is 2.59 bits per heavy atom. The Bertz CT molecular complexity index is 751. The predicted molar refractivity (Wildman–Crippen MR) is 82.8 cm³/mol. The highest BCUT2D eigenvalue weighted by Crippen LogP contribution is 2.28. The normalized spacial score (nSPS) is 18.4. The van der Waals surface area contributed by atoms with Crippen molar-refractivity contribution in [3.8, 4) is 0 Å². The summed E-state index contributed by atoms with van der Waals surface area (Å²) in [5.41, 5.74) is 0.286. The van der Waals surface area contributed by atoms with Crippen molar-refractivity contribution in [3.63, 3.8) is 0 Å². The maximum absolute atomic E-state index is 12.4. The Morgan fingerprint density at radius 1 is 1.23 bits per heavy atom. The Kier molecular flexibility index (Phi) is 3.76. The van der Waals surface area contributed by atoms with E-state index in [1.807, 2.05) is 0 Å². The molecule has 0 bridgehead atoms. The highest BCUT2D eigenvalue weighted by atomic mass is 16.2. The van der Waals surface area contributed by atoms with Gasteiger partial charge < -0.3 is 5.32 Å². The van der Waals surface area contributed by atoms with Crippen molar-refractivity contribution in [2.45, 2.75) is 45.1 Å². The maximum atomic E-state index is 12.4. The number of aromatic nitrogens is 2. The van der Waals surface area contributed by atoms with Gasteiger partial charge >= 0.3 is 5.69 Å². The molecular formula is C16H21N3O3. The number of amides is 1. The standard InChI is InChI=1S/C16H21N3O3/c1-10-9-12-13(14(20)17-10)19(16(22)18(2)15(12)21)8-7-11-5-3-4-6-11/h11H,1,3-9H2,2H3,(H,17,20). The predicted octanol–water partition coefficient (Wildman–Crippen LogP) is 0.927. The van der Waals surface area contributed by atoms with Gasteiger partial charge in [-0.1, -0.05) is 32.3 Å². The summed E-state index contributed by atoms with van der Waals surface area (Å²) in [6, 6.07) is 0. The summed E-state index contributed by atoms with van der Waals surface area (Å²) in [5, 5.41) is 2.64. The van der Waals surface area contributed by atoms with Crippen LogP contribution in [0.25, 0.3) is 0 Å². The zero-order chi connectivity index (χ0) is 15.9. The lowest BCUT2D eigenvalue weighted by Crippen LogP contribution is -2.47. The van der Waals surface area contributed by atoms with Crippen LogP contribution in [-0.2, 0) is 20.0 Å². The number of fused-ring (bicyclic) bond motifs is 1. The zero-order valence-corrected chi connectivity index (χ0v) is 12.9. The third-order valence-electron chi connectivity index (χ3n) is 4.77. The molecule has 0 atom stereocenters. The van der Waals surface area contributed by atoms with Gasteiger partial charge in [-0.15, -0.1) is 0 Å². The Morgan fingerprint density at radius 2 is 1.91 bits per heavy atom. The molecule has 2 heterocycles. The number of carbonyl (C=O) groups excluding carboxylic acids is 1. The molecule has 0 spiro atoms. The number of allylic oxidation sites excluding steroid dienone is 1. The molecule has 3 rings (SSSR count). The fourth-order valence-electron chi connectivity index (χ4n) is 3.54. The summed E-state index contributed by atoms with van der Waals surface area (Å²) in [7, 11) is 1.46. The minimum atomic E-state index is -0.413. The second kappa shape index (κ2) is 5.59. The molecule has 118 valence electrons. The van der Waals surface area contributed by atoms with E-state index in [0.29, 0.717) is 23.7 Å². The molecule has 1 saturated carbocycles. The van der Waals surface area contributed by atoms with Crippen LogP contribution in [0.1, 0.15) is 48.2 Å². The van der Waals surface area contributed by atoms with Gasteiger partial charge in [-0.2, -0.15) is 0 Å². The summed E-state index contributed by atoms with van der Waals surface area (Å²) < 4.78 is 2.57. The second-order valence-corrected chi connectivity index (χ2v) is 6.30. The molecule has 6 heteroatoms. The smallest absolute Gasteiger partial charge is 0.325 e. The lowest BCUT2D eigenvalue weighted by atomic mass is 10.0. The summed E-state index contributed by atoms with van der Waals surface area (Å²) in [6.45, 7) is 4.21. The van der Waals surface area contributed by atoms with Crippen molar-refractivity contribution < 1.29 is 4.79 Å². The number of nitrogens with zero attached hydrogens (tertiary/aromatic N) is 2. The van der Waals surface area contributed by atoms with Crippen LogP contribution in [-0.4, -0.2) is 15.0 Å². The molecule has 1 aliphatic heterocycles. The number of carbonyl (C=O) groups is 1. The average molecular weight is 303 g/mol. The molecule has 6 nitrogen and oxygen atoms in total. The molecule has 1 amide bonds. The molecule has 0 saturated heterocycles. The number of hydrogen-bond acceptors (Lipinski definition) is 3. The van der Waals surface area contributed by atoms with Gasteiger partial charge in [0.1, 0.15) is 5.69 Å². The van der Waals surface area contributed by atoms with Gasteiger partial charge in [0, 0.05) is 25.7 Å². The molecule has 2 aliphatic rings. The minimum absolute atomic E-state index is 0.221. The molecule has 1 fully saturated rings. The lowest BCUT2D eigenvalue weighted by Gasteiger charge is -2.23. The van der Waals surface area contributed by atoms with Gasteiger partial charge in [0.15, 0.2) is 0 Å². The largest absolute Gasteiger partial charge is 0.331 e. The SMILES string of the molecule is C=C1Cc2c(n(CCC3CCCC3)c(=O)n(C)c2=O)C(=O)N1. The Balaban J connectivity index is 2.04. The first kappa shape index (κ1) is 14.8. The molecule has 0 radical (unpaired) electrons. The van der Waals surface area contributed by atoms with Crippen molar-refractivity contribution in [1.82, 2.24) is 14.5 Å². The van der Waals surface area contributed by atoms with E-state index in [9.17, 15) is 14.4 Å². The van der Waals surface area contributed by atoms with Gasteiger partial charge in [-0.25, -0.2) is 4.79 Å². The monoisotopic (exact) mass is 303 g/mol. The first-order valence-corrected chi connectivity index (χ1v) is 7.81. The zero-order valence-electron chi connectivity index (χ0n) is 12.9. The molecule has 1 N–H and O–H groups in total. The van der Waals surface area contributed by atoms with Crippen molar-refractivity contribution in [3.05, 3.63) is 44.4 Å². The number of hydrogen-bond donors (Lipinski definition) is 1. The van der Waals surface area contributed by atoms with Crippen LogP contribution >= 0.6 is 0 Å². The molecule has 0 aromatic carbocycles. The highest BCUT2D eigenvalue weighted by molar-refractivity contribution is 5.96. The first-order valence-electron chi connectivity index (χ1n) is 7.81. The van der Waals surface area contributed by atoms with Crippen LogP contribution in [0.5, 0.6) is 0 Å². The summed E-state index contributed by atoms with van der Waals surface area (Å²) >= 11 is 0. The third-order valence-corrected chi connectivity index (χ3v) is 4.77. The summed E-state index contributed by atoms with van der Waals surface area (Å²) in [5.74, 6) is 0.217. The molecule has 22 heavy (non-hydrogen) atoms. The topological polar surface area (TPSA) is 73.1 Å². The highest BCUT2D eigenvalue weighted by Gasteiger charge is 2.28. The van der Waals surface area contributed by atoms with E-state index in [1.54, 1.807) is 0 Å². The van der Waals surface area contributed by atoms with Gasteiger partial charge in [-0.3, -0.25) is 18.7 Å². The minimum Gasteiger partial charge on any atom is -0.325 e. The average Bonchev–Trinajstić information content (AvgIpc) is 2.98. The Labute approximate surface area is 128 Å². The van der Waals surface area contributed by atoms with Gasteiger partial charge in [0.05, 0.1) is 5.56 Å². The van der Waals surface area contributed by atoms with Crippen molar-refractivity contribution in [2.24, 2.45) is 13.0 Å². The fourth-order valence-corrected chi connectivity index (χ4v) is 3.54. The van der Waals surface area contributed by atoms with Crippen LogP contribution in [0.2, 0.25) is 0 Å². The summed E-state index contributed by atoms with van der Waals surface area (Å²) in [6.07, 6.45) is 6.02. The Hall–Kier alpha value is -2.11. The second-order valence-electron chi connectivity index (χ2n) is 6.30.